The number of hydrogen-bond donors (Lipinski definition) is 3. The minimum absolute atomic E-state index is 0.111. The van der Waals surface area contributed by atoms with Gasteiger partial charge in [0.2, 0.25) is 11.8 Å². The molecule has 0 saturated heterocycles. The molecule has 1 aliphatic rings. The molecule has 1 aliphatic heterocycles. The van der Waals surface area contributed by atoms with Gasteiger partial charge in [-0.2, -0.15) is 5.06 Å². The number of imide groups is 1. The molecule has 0 fully saturated rings. The molecule has 1 atom stereocenters. The molecule has 0 bridgehead atoms. The van der Waals surface area contributed by atoms with Crippen LogP contribution in [0.25, 0.3) is 0 Å². The Morgan fingerprint density at radius 1 is 1.23 bits per heavy atom. The number of fused-ring (bicyclic) bond motifs is 1. The van der Waals surface area contributed by atoms with Gasteiger partial charge in [0.15, 0.2) is 5.92 Å². The first-order valence-corrected chi connectivity index (χ1v) is 7.60. The van der Waals surface area contributed by atoms with Crippen molar-refractivity contribution in [1.29, 1.82) is 0 Å². The quantitative estimate of drug-likeness (QED) is 0.414. The molecule has 0 radical (unpaired) electrons. The van der Waals surface area contributed by atoms with Crippen LogP contribution < -0.4 is 10.1 Å². The lowest BCUT2D eigenvalue weighted by molar-refractivity contribution is -0.159. The Labute approximate surface area is 147 Å². The molecule has 9 heteroatoms. The van der Waals surface area contributed by atoms with Gasteiger partial charge in [-0.3, -0.25) is 19.6 Å². The number of ether oxygens (including phenoxy) is 1. The number of carbonyl (C=O) groups is 3. The zero-order valence-corrected chi connectivity index (χ0v) is 13.7. The number of rotatable bonds is 4. The van der Waals surface area contributed by atoms with E-state index in [0.29, 0.717) is 5.75 Å². The largest absolute Gasteiger partial charge is 0.497 e. The van der Waals surface area contributed by atoms with Crippen LogP contribution in [-0.2, 0) is 16.1 Å². The van der Waals surface area contributed by atoms with E-state index in [9.17, 15) is 24.7 Å². The van der Waals surface area contributed by atoms with Crippen molar-refractivity contribution in [2.75, 3.05) is 7.11 Å². The van der Waals surface area contributed by atoms with E-state index in [1.165, 1.54) is 13.2 Å². The third-order valence-electron chi connectivity index (χ3n) is 3.95. The number of benzene rings is 1. The lowest BCUT2D eigenvalue weighted by atomic mass is 9.93. The number of nitrogens with zero attached hydrogens (tertiary/aromatic N) is 2. The van der Waals surface area contributed by atoms with E-state index in [4.69, 9.17) is 4.74 Å². The highest BCUT2D eigenvalue weighted by molar-refractivity contribution is 6.17. The molecule has 3 amide bonds. The van der Waals surface area contributed by atoms with Crippen LogP contribution in [0.15, 0.2) is 36.4 Å². The second kappa shape index (κ2) is 6.81. The second-order valence-electron chi connectivity index (χ2n) is 5.56. The average molecular weight is 357 g/mol. The SMILES string of the molecule is COc1ccc(CNC(=O)C2C(=O)N(O)C(=O)c3ccc(O)nc32)cc1. The molecule has 2 heterocycles. The molecular weight excluding hydrogens is 342 g/mol. The van der Waals surface area contributed by atoms with Gasteiger partial charge < -0.3 is 15.2 Å². The van der Waals surface area contributed by atoms with Gasteiger partial charge in [-0.05, 0) is 23.8 Å². The normalized spacial score (nSPS) is 16.2. The summed E-state index contributed by atoms with van der Waals surface area (Å²) in [4.78, 5) is 40.4. The van der Waals surface area contributed by atoms with Gasteiger partial charge in [0.1, 0.15) is 5.75 Å². The van der Waals surface area contributed by atoms with E-state index >= 15 is 0 Å². The van der Waals surface area contributed by atoms with Crippen molar-refractivity contribution >= 4 is 17.7 Å². The predicted molar refractivity (Wildman–Crippen MR) is 86.4 cm³/mol. The zero-order chi connectivity index (χ0) is 18.8. The fourth-order valence-corrected chi connectivity index (χ4v) is 2.59. The summed E-state index contributed by atoms with van der Waals surface area (Å²) < 4.78 is 5.05. The third kappa shape index (κ3) is 3.07. The summed E-state index contributed by atoms with van der Waals surface area (Å²) >= 11 is 0. The standard InChI is InChI=1S/C17H15N3O6/c1-26-10-4-2-9(3-5-10)8-18-15(22)13-14-11(6-7-12(21)19-14)16(23)20(25)17(13)24/h2-7,13,25H,8H2,1H3,(H,18,22)(H,19,21). The summed E-state index contributed by atoms with van der Waals surface area (Å²) in [6, 6.07) is 9.24. The van der Waals surface area contributed by atoms with E-state index in [0.717, 1.165) is 11.6 Å². The van der Waals surface area contributed by atoms with Crippen molar-refractivity contribution in [2.24, 2.45) is 0 Å². The summed E-state index contributed by atoms with van der Waals surface area (Å²) in [7, 11) is 1.53. The van der Waals surface area contributed by atoms with Gasteiger partial charge in [-0.1, -0.05) is 12.1 Å². The molecule has 1 aromatic heterocycles. The van der Waals surface area contributed by atoms with Crippen LogP contribution in [0.4, 0.5) is 0 Å². The molecule has 26 heavy (non-hydrogen) atoms. The van der Waals surface area contributed by atoms with E-state index in [2.05, 4.69) is 10.3 Å². The number of hydroxylamine groups is 2. The maximum Gasteiger partial charge on any atom is 0.286 e. The van der Waals surface area contributed by atoms with Crippen LogP contribution in [0.3, 0.4) is 0 Å². The Hall–Kier alpha value is -3.46. The molecular formula is C17H15N3O6. The number of nitrogens with one attached hydrogen (secondary N) is 1. The Morgan fingerprint density at radius 2 is 1.92 bits per heavy atom. The van der Waals surface area contributed by atoms with E-state index in [-0.39, 0.29) is 22.9 Å². The number of carbonyl (C=O) groups excluding carboxylic acids is 3. The number of hydrogen-bond acceptors (Lipinski definition) is 7. The van der Waals surface area contributed by atoms with Crippen molar-refractivity contribution in [3.63, 3.8) is 0 Å². The van der Waals surface area contributed by atoms with Crippen LogP contribution in [0, 0.1) is 0 Å². The Bertz CT molecular complexity index is 881. The number of aromatic nitrogens is 1. The first kappa shape index (κ1) is 17.4. The van der Waals surface area contributed by atoms with Crippen LogP contribution in [0.5, 0.6) is 11.6 Å². The highest BCUT2D eigenvalue weighted by Crippen LogP contribution is 2.29. The lowest BCUT2D eigenvalue weighted by Crippen LogP contribution is -2.48. The molecule has 9 nitrogen and oxygen atoms in total. The maximum atomic E-state index is 12.5. The number of pyridine rings is 1. The average Bonchev–Trinajstić information content (AvgIpc) is 2.65. The van der Waals surface area contributed by atoms with Crippen molar-refractivity contribution in [1.82, 2.24) is 15.4 Å². The predicted octanol–water partition coefficient (Wildman–Crippen LogP) is 0.567. The second-order valence-corrected chi connectivity index (χ2v) is 5.56. The minimum atomic E-state index is -1.54. The van der Waals surface area contributed by atoms with Gasteiger partial charge in [0.25, 0.3) is 11.8 Å². The van der Waals surface area contributed by atoms with Crippen molar-refractivity contribution < 1.29 is 29.4 Å². The van der Waals surface area contributed by atoms with Crippen LogP contribution >= 0.6 is 0 Å². The lowest BCUT2D eigenvalue weighted by Gasteiger charge is -2.26. The molecule has 0 saturated carbocycles. The molecule has 1 aromatic carbocycles. The van der Waals surface area contributed by atoms with Gasteiger partial charge in [-0.25, -0.2) is 4.98 Å². The van der Waals surface area contributed by atoms with E-state index in [1.54, 1.807) is 24.3 Å². The number of methoxy groups -OCH3 is 1. The molecule has 3 rings (SSSR count). The summed E-state index contributed by atoms with van der Waals surface area (Å²) in [5.41, 5.74) is 0.426. The Morgan fingerprint density at radius 3 is 2.58 bits per heavy atom. The maximum absolute atomic E-state index is 12.5. The van der Waals surface area contributed by atoms with Gasteiger partial charge >= 0.3 is 0 Å². The summed E-state index contributed by atoms with van der Waals surface area (Å²) in [5, 5.41) is 21.7. The summed E-state index contributed by atoms with van der Waals surface area (Å²) in [6.45, 7) is 0.111. The summed E-state index contributed by atoms with van der Waals surface area (Å²) in [5.74, 6) is -4.21. The van der Waals surface area contributed by atoms with Gasteiger partial charge in [-0.15, -0.1) is 0 Å². The van der Waals surface area contributed by atoms with E-state index < -0.39 is 29.5 Å². The Balaban J connectivity index is 1.83. The smallest absolute Gasteiger partial charge is 0.286 e. The third-order valence-corrected chi connectivity index (χ3v) is 3.95. The zero-order valence-electron chi connectivity index (χ0n) is 13.7. The summed E-state index contributed by atoms with van der Waals surface area (Å²) in [6.07, 6.45) is 0. The highest BCUT2D eigenvalue weighted by atomic mass is 16.5. The van der Waals surface area contributed by atoms with Crippen LogP contribution in [-0.4, -0.2) is 45.2 Å². The molecule has 1 unspecified atom stereocenters. The molecule has 134 valence electrons. The number of amides is 3. The first-order valence-electron chi connectivity index (χ1n) is 7.60. The van der Waals surface area contributed by atoms with Gasteiger partial charge in [0, 0.05) is 12.6 Å². The Kier molecular flexibility index (Phi) is 4.55. The molecule has 2 aromatic rings. The first-order chi connectivity index (χ1) is 12.4. The fraction of sp³-hybridized carbons (Fsp3) is 0.176. The van der Waals surface area contributed by atoms with Crippen molar-refractivity contribution in [3.05, 3.63) is 53.2 Å². The topological polar surface area (TPSA) is 129 Å². The molecule has 0 spiro atoms. The number of aromatic hydroxyl groups is 1. The van der Waals surface area contributed by atoms with Gasteiger partial charge in [0.05, 0.1) is 18.4 Å². The molecule has 0 aliphatic carbocycles. The van der Waals surface area contributed by atoms with E-state index in [1.807, 2.05) is 0 Å². The van der Waals surface area contributed by atoms with Crippen molar-refractivity contribution in [3.8, 4) is 11.6 Å². The fourth-order valence-electron chi connectivity index (χ4n) is 2.59. The highest BCUT2D eigenvalue weighted by Gasteiger charge is 2.44. The minimum Gasteiger partial charge on any atom is -0.497 e. The van der Waals surface area contributed by atoms with Crippen molar-refractivity contribution in [2.45, 2.75) is 12.5 Å². The van der Waals surface area contributed by atoms with Crippen LogP contribution in [0.2, 0.25) is 0 Å². The monoisotopic (exact) mass is 357 g/mol. The molecule has 3 N–H and O–H groups in total. The van der Waals surface area contributed by atoms with Crippen LogP contribution in [0.1, 0.15) is 27.5 Å².